The zero-order valence-corrected chi connectivity index (χ0v) is 22.2. The summed E-state index contributed by atoms with van der Waals surface area (Å²) in [5.41, 5.74) is 0. The smallest absolute Gasteiger partial charge is 0 e. The van der Waals surface area contributed by atoms with E-state index in [1.165, 1.54) is 0 Å². The standard InChI is InChI=1S/C3H6.C2H6.CH4.CH3.5Y/c1-3-2;1-2;;;;;;;/h1-3H2;1-2H3;1H4;1H3;;;;;/q-2;;;-1;;;;;. The molecule has 0 rings (SSSR count). The van der Waals surface area contributed by atoms with Crippen molar-refractivity contribution in [1.29, 1.82) is 0 Å². The minimum absolute atomic E-state index is 0. The van der Waals surface area contributed by atoms with Gasteiger partial charge in [0.1, 0.15) is 0 Å². The van der Waals surface area contributed by atoms with Crippen molar-refractivity contribution in [2.45, 2.75) is 27.7 Å². The van der Waals surface area contributed by atoms with Crippen LogP contribution in [-0.4, -0.2) is 0 Å². The van der Waals surface area contributed by atoms with Crippen molar-refractivity contribution in [3.05, 3.63) is 21.3 Å². The normalized spacial score (nSPS) is 2.00. The van der Waals surface area contributed by atoms with Gasteiger partial charge in [-0.3, -0.25) is 0 Å². The van der Waals surface area contributed by atoms with Crippen LogP contribution in [-0.2, 0) is 164 Å². The van der Waals surface area contributed by atoms with Crippen molar-refractivity contribution in [2.24, 2.45) is 0 Å². The molecule has 0 N–H and O–H groups in total. The van der Waals surface area contributed by atoms with Crippen LogP contribution in [0.25, 0.3) is 0 Å². The van der Waals surface area contributed by atoms with Gasteiger partial charge in [-0.25, -0.2) is 0 Å². The summed E-state index contributed by atoms with van der Waals surface area (Å²) >= 11 is 0. The summed E-state index contributed by atoms with van der Waals surface area (Å²) < 4.78 is 0. The molecule has 0 aliphatic carbocycles. The van der Waals surface area contributed by atoms with Gasteiger partial charge in [-0.1, -0.05) is 21.3 Å². The Morgan fingerprint density at radius 3 is 0.750 bits per heavy atom. The molecule has 5 radical (unpaired) electrons. The first kappa shape index (κ1) is 65.9. The van der Waals surface area contributed by atoms with Gasteiger partial charge in [0.15, 0.2) is 0 Å². The summed E-state index contributed by atoms with van der Waals surface area (Å²) in [5, 5.41) is 0. The molecule has 0 aromatic carbocycles. The van der Waals surface area contributed by atoms with Gasteiger partial charge in [-0.2, -0.15) is 0 Å². The van der Waals surface area contributed by atoms with E-state index in [0.717, 1.165) is 6.42 Å². The van der Waals surface area contributed by atoms with Crippen LogP contribution in [0.5, 0.6) is 0 Å². The van der Waals surface area contributed by atoms with Crippen LogP contribution < -0.4 is 0 Å². The number of hydrogen-bond donors (Lipinski definition) is 0. The van der Waals surface area contributed by atoms with E-state index in [2.05, 4.69) is 13.8 Å². The molecule has 0 spiro atoms. The fraction of sp³-hybridized carbons (Fsp3) is 0.571. The van der Waals surface area contributed by atoms with Gasteiger partial charge in [0, 0.05) is 164 Å². The molecule has 0 aliphatic rings. The largest absolute Gasteiger partial charge is 0.372 e. The van der Waals surface area contributed by atoms with Crippen molar-refractivity contribution < 1.29 is 164 Å². The van der Waals surface area contributed by atoms with E-state index in [1.807, 2.05) is 13.8 Å². The van der Waals surface area contributed by atoms with Crippen LogP contribution in [0.15, 0.2) is 0 Å². The Hall–Kier alpha value is 5.52. The van der Waals surface area contributed by atoms with Gasteiger partial charge in [-0.05, 0) is 0 Å². The molecule has 0 unspecified atom stereocenters. The summed E-state index contributed by atoms with van der Waals surface area (Å²) in [6.07, 6.45) is 0.750. The van der Waals surface area contributed by atoms with Gasteiger partial charge < -0.3 is 27.7 Å². The van der Waals surface area contributed by atoms with E-state index in [4.69, 9.17) is 0 Å². The topological polar surface area (TPSA) is 0 Å². The molecule has 0 aromatic rings. The van der Waals surface area contributed by atoms with Crippen molar-refractivity contribution >= 4 is 0 Å². The number of rotatable bonds is 0. The molecular weight excluding hydrogens is 529 g/mol. The summed E-state index contributed by atoms with van der Waals surface area (Å²) in [4.78, 5) is 0. The van der Waals surface area contributed by atoms with E-state index in [1.54, 1.807) is 0 Å². The first-order chi connectivity index (χ1) is 2.41. The monoisotopic (exact) mass is 548 g/mol. The molecular formula is C7H19Y5-3. The van der Waals surface area contributed by atoms with E-state index in [-0.39, 0.29) is 178 Å². The van der Waals surface area contributed by atoms with Crippen LogP contribution >= 0.6 is 0 Å². The second-order valence-electron chi connectivity index (χ2n) is 0.354. The Morgan fingerprint density at radius 1 is 0.750 bits per heavy atom. The summed E-state index contributed by atoms with van der Waals surface area (Å²) in [6.45, 7) is 10.8. The molecule has 0 bridgehead atoms. The van der Waals surface area contributed by atoms with Crippen LogP contribution in [0.3, 0.4) is 0 Å². The average molecular weight is 548 g/mol. The third-order valence-electron chi connectivity index (χ3n) is 0. The zero-order chi connectivity index (χ0) is 4.71. The van der Waals surface area contributed by atoms with E-state index < -0.39 is 0 Å². The SMILES string of the molecule is C.CC.[CH2-]C[CH2-].[CH3-].[Y].[Y].[Y].[Y].[Y]. The van der Waals surface area contributed by atoms with Crippen LogP contribution in [0, 0.1) is 21.3 Å². The van der Waals surface area contributed by atoms with Gasteiger partial charge in [0.05, 0.1) is 0 Å². The number of hydrogen-bond acceptors (Lipinski definition) is 0. The molecule has 0 aromatic heterocycles. The Kier molecular flexibility index (Phi) is 514. The third kappa shape index (κ3) is 107. The van der Waals surface area contributed by atoms with Gasteiger partial charge in [0.2, 0.25) is 0 Å². The maximum absolute atomic E-state index is 3.38. The molecule has 65 valence electrons. The van der Waals surface area contributed by atoms with Crippen molar-refractivity contribution in [3.8, 4) is 0 Å². The molecule has 0 saturated carbocycles. The Balaban J connectivity index is -0.00000000138. The fourth-order valence-corrected chi connectivity index (χ4v) is 0. The third-order valence-corrected chi connectivity index (χ3v) is 0. The molecule has 0 heterocycles. The van der Waals surface area contributed by atoms with Crippen LogP contribution in [0.1, 0.15) is 27.7 Å². The predicted molar refractivity (Wildman–Crippen MR) is 39.8 cm³/mol. The average Bonchev–Trinajstić information content (AvgIpc) is 1.46. The second kappa shape index (κ2) is 93.6. The second-order valence-corrected chi connectivity index (χ2v) is 0.354. The quantitative estimate of drug-likeness (QED) is 0.409. The Bertz CT molecular complexity index is 11.8. The zero-order valence-electron chi connectivity index (χ0n) is 8.01. The molecule has 0 atom stereocenters. The summed E-state index contributed by atoms with van der Waals surface area (Å²) in [6, 6.07) is 0. The molecule has 0 fully saturated rings. The van der Waals surface area contributed by atoms with Crippen molar-refractivity contribution in [1.82, 2.24) is 0 Å². The van der Waals surface area contributed by atoms with E-state index in [9.17, 15) is 0 Å². The summed E-state index contributed by atoms with van der Waals surface area (Å²) in [5.74, 6) is 0. The predicted octanol–water partition coefficient (Wildman–Crippen LogP) is 3.14. The first-order valence-electron chi connectivity index (χ1n) is 2.00. The van der Waals surface area contributed by atoms with E-state index in [0.29, 0.717) is 0 Å². The van der Waals surface area contributed by atoms with Crippen LogP contribution in [0.2, 0.25) is 0 Å². The Morgan fingerprint density at radius 2 is 0.750 bits per heavy atom. The molecule has 0 aliphatic heterocycles. The van der Waals surface area contributed by atoms with Gasteiger partial charge in [0.25, 0.3) is 0 Å². The molecule has 0 amide bonds. The maximum Gasteiger partial charge on any atom is 0 e. The summed E-state index contributed by atoms with van der Waals surface area (Å²) in [7, 11) is 0. The molecule has 0 nitrogen and oxygen atoms in total. The molecule has 0 saturated heterocycles. The van der Waals surface area contributed by atoms with Crippen molar-refractivity contribution in [3.63, 3.8) is 0 Å². The minimum Gasteiger partial charge on any atom is -0.372 e. The van der Waals surface area contributed by atoms with Gasteiger partial charge in [-0.15, -0.1) is 0 Å². The van der Waals surface area contributed by atoms with E-state index >= 15 is 0 Å². The van der Waals surface area contributed by atoms with Gasteiger partial charge >= 0.3 is 0 Å². The fourth-order valence-electron chi connectivity index (χ4n) is 0. The Labute approximate surface area is 207 Å². The minimum atomic E-state index is 0. The first-order valence-corrected chi connectivity index (χ1v) is 2.00. The van der Waals surface area contributed by atoms with Crippen molar-refractivity contribution in [2.75, 3.05) is 0 Å². The van der Waals surface area contributed by atoms with Crippen LogP contribution in [0.4, 0.5) is 0 Å². The molecule has 5 heteroatoms. The maximum atomic E-state index is 3.38. The molecule has 12 heavy (non-hydrogen) atoms.